The van der Waals surface area contributed by atoms with E-state index in [9.17, 15) is 0 Å². The first kappa shape index (κ1) is 46.9. The molecule has 8 aromatic carbocycles. The molecule has 0 spiro atoms. The fraction of sp³-hybridized carbons (Fsp3) is 0.239. The number of ether oxygens (including phenoxy) is 1. The summed E-state index contributed by atoms with van der Waals surface area (Å²) in [6.45, 7) is 17.9. The molecule has 6 heteroatoms. The fourth-order valence-corrected chi connectivity index (χ4v) is 12.3. The number of para-hydroxylation sites is 3. The zero-order chi connectivity index (χ0) is 56.0. The maximum absolute atomic E-state index is 8.82. The standard InChI is InChI=1S/C71H66N4O.Pt/c1-46-36-67(72-44-62(46)48-30-32-52(33-31-48)69(2,3)4)75-65-40-50-23-15-14-22-49(50)39-61(65)60-35-34-57(43-66(60)75)76-56-25-18-24-55(42-56)73-45-74(64-29-17-16-28-63(64)73)68-58(47-20-12-11-13-21-47)26-19-27-59(68)51-37-53(70(5,6)7)41-54(38-51)71(8,9)10;/h11-13,16-21,24-41,44H,14-15,22-23H2,1-10H3;/q-2;/i1D3;. The SMILES string of the molecule is [2H]C([2H])([2H])c1cc(-n2c3[c-]c(Oc4[c-]c(-n5[c](=[Pt])n(-c6c(-c7ccccc7)cccc6-c6cc(C(C)(C)C)cc(C(C)(C)C)c6)c6ccccc65)ccc4)ccc3c3cc4c(cc32)CCCC4)ncc1-c1ccc(C(C)(C)C)cc1. The Bertz CT molecular complexity index is 4240. The predicted molar refractivity (Wildman–Crippen MR) is 316 cm³/mol. The molecule has 0 saturated heterocycles. The molecule has 1 aliphatic carbocycles. The van der Waals surface area contributed by atoms with Gasteiger partial charge in [-0.1, -0.05) is 45.0 Å². The van der Waals surface area contributed by atoms with Gasteiger partial charge in [0.15, 0.2) is 0 Å². The molecular weight excluding hydrogens is 1120 g/mol. The molecule has 0 atom stereocenters. The summed E-state index contributed by atoms with van der Waals surface area (Å²) in [6, 6.07) is 65.2. The third kappa shape index (κ3) is 9.35. The molecule has 77 heavy (non-hydrogen) atoms. The summed E-state index contributed by atoms with van der Waals surface area (Å²) in [5.41, 5.74) is 18.2. The zero-order valence-electron chi connectivity index (χ0n) is 48.5. The summed E-state index contributed by atoms with van der Waals surface area (Å²) in [6.07, 6.45) is 6.04. The number of benzene rings is 8. The van der Waals surface area contributed by atoms with Gasteiger partial charge in [0.2, 0.25) is 0 Å². The van der Waals surface area contributed by atoms with Gasteiger partial charge in [0.05, 0.1) is 0 Å². The van der Waals surface area contributed by atoms with E-state index >= 15 is 0 Å². The summed E-state index contributed by atoms with van der Waals surface area (Å²) in [7, 11) is 0. The summed E-state index contributed by atoms with van der Waals surface area (Å²) in [4.78, 5) is 5.08. The number of hydrogen-bond acceptors (Lipinski definition) is 2. The zero-order valence-corrected chi connectivity index (χ0v) is 47.8. The van der Waals surface area contributed by atoms with E-state index in [1.165, 1.54) is 33.4 Å². The van der Waals surface area contributed by atoms with E-state index in [-0.39, 0.29) is 21.8 Å². The second kappa shape index (κ2) is 19.3. The number of aromatic nitrogens is 4. The topological polar surface area (TPSA) is 36.9 Å². The minimum absolute atomic E-state index is 0.0403. The monoisotopic (exact) mass is 1190 g/mol. The first-order chi connectivity index (χ1) is 38.1. The van der Waals surface area contributed by atoms with Crippen LogP contribution in [0.4, 0.5) is 0 Å². The Morgan fingerprint density at radius 3 is 1.79 bits per heavy atom. The Hall–Kier alpha value is -7.33. The van der Waals surface area contributed by atoms with Crippen LogP contribution in [0.5, 0.6) is 11.5 Å². The Kier molecular flexibility index (Phi) is 11.8. The van der Waals surface area contributed by atoms with Crippen LogP contribution < -0.4 is 4.74 Å². The molecule has 388 valence electrons. The second-order valence-electron chi connectivity index (χ2n) is 24.0. The van der Waals surface area contributed by atoms with Crippen LogP contribution in [0.3, 0.4) is 0 Å². The van der Waals surface area contributed by atoms with E-state index in [0.717, 1.165) is 96.0 Å². The molecule has 3 aromatic heterocycles. The van der Waals surface area contributed by atoms with Gasteiger partial charge in [0.1, 0.15) is 0 Å². The minimum Gasteiger partial charge on any atom is -0.0579 e. The smallest absolute Gasteiger partial charge is 0.0579 e. The van der Waals surface area contributed by atoms with Crippen LogP contribution in [0.15, 0.2) is 170 Å². The normalized spacial score (nSPS) is 13.9. The molecule has 0 unspecified atom stereocenters. The van der Waals surface area contributed by atoms with Gasteiger partial charge < -0.3 is 0 Å². The van der Waals surface area contributed by atoms with Crippen LogP contribution in [-0.4, -0.2) is 18.7 Å². The molecule has 0 radical (unpaired) electrons. The maximum atomic E-state index is 8.82. The van der Waals surface area contributed by atoms with Crippen molar-refractivity contribution in [2.75, 3.05) is 0 Å². The molecule has 0 fully saturated rings. The van der Waals surface area contributed by atoms with Crippen LogP contribution in [-0.2, 0) is 48.4 Å². The van der Waals surface area contributed by atoms with Crippen LogP contribution in [0.2, 0.25) is 0 Å². The molecule has 0 saturated carbocycles. The van der Waals surface area contributed by atoms with Crippen molar-refractivity contribution in [1.29, 1.82) is 0 Å². The van der Waals surface area contributed by atoms with Crippen molar-refractivity contribution in [3.63, 3.8) is 0 Å². The molecule has 12 rings (SSSR count). The average molecular weight is 1190 g/mol. The number of pyridine rings is 1. The Morgan fingerprint density at radius 2 is 1.12 bits per heavy atom. The molecule has 3 heterocycles. The van der Waals surface area contributed by atoms with Gasteiger partial charge >= 0.3 is 346 Å². The number of hydrogen-bond donors (Lipinski definition) is 0. The molecule has 0 N–H and O–H groups in total. The van der Waals surface area contributed by atoms with E-state index in [2.05, 4.69) is 235 Å². The van der Waals surface area contributed by atoms with Crippen LogP contribution >= 0.6 is 0 Å². The van der Waals surface area contributed by atoms with Gasteiger partial charge in [-0.05, 0) is 65.8 Å². The quantitative estimate of drug-likeness (QED) is 0.142. The van der Waals surface area contributed by atoms with Crippen molar-refractivity contribution < 1.29 is 28.2 Å². The van der Waals surface area contributed by atoms with Gasteiger partial charge in [-0.3, -0.25) is 0 Å². The second-order valence-corrected chi connectivity index (χ2v) is 25.0. The van der Waals surface area contributed by atoms with Gasteiger partial charge in [-0.25, -0.2) is 0 Å². The Labute approximate surface area is 469 Å². The van der Waals surface area contributed by atoms with Crippen molar-refractivity contribution >= 4 is 32.8 Å². The van der Waals surface area contributed by atoms with Gasteiger partial charge in [0, 0.05) is 15.9 Å². The number of rotatable bonds is 8. The van der Waals surface area contributed by atoms with Crippen LogP contribution in [0.25, 0.3) is 83.4 Å². The number of imidazole rings is 1. The third-order valence-corrected chi connectivity index (χ3v) is 16.5. The van der Waals surface area contributed by atoms with Crippen molar-refractivity contribution in [3.05, 3.63) is 219 Å². The van der Waals surface area contributed by atoms with Gasteiger partial charge in [-0.15, -0.1) is 0 Å². The van der Waals surface area contributed by atoms with E-state index in [1.54, 1.807) is 12.3 Å². The van der Waals surface area contributed by atoms with Crippen molar-refractivity contribution in [2.24, 2.45) is 0 Å². The first-order valence-corrected chi connectivity index (χ1v) is 28.1. The average Bonchev–Trinajstić information content (AvgIpc) is 3.95. The van der Waals surface area contributed by atoms with Crippen molar-refractivity contribution in [3.8, 4) is 62.1 Å². The number of nitrogens with zero attached hydrogens (tertiary/aromatic N) is 4. The molecule has 0 aliphatic heterocycles. The fourth-order valence-electron chi connectivity index (χ4n) is 11.2. The number of aryl methyl sites for hydroxylation is 3. The van der Waals surface area contributed by atoms with Crippen molar-refractivity contribution in [2.45, 2.75) is 111 Å². The van der Waals surface area contributed by atoms with Gasteiger partial charge in [0.25, 0.3) is 0 Å². The minimum atomic E-state index is -2.41. The third-order valence-electron chi connectivity index (χ3n) is 15.5. The predicted octanol–water partition coefficient (Wildman–Crippen LogP) is 18.5. The van der Waals surface area contributed by atoms with E-state index < -0.39 is 6.85 Å². The molecule has 5 nitrogen and oxygen atoms in total. The molecule has 1 aliphatic rings. The summed E-state index contributed by atoms with van der Waals surface area (Å²) >= 11 is 2.49. The summed E-state index contributed by atoms with van der Waals surface area (Å²) < 4.78 is 41.0. The first-order valence-electron chi connectivity index (χ1n) is 28.5. The van der Waals surface area contributed by atoms with E-state index in [4.69, 9.17) is 13.8 Å². The summed E-state index contributed by atoms with van der Waals surface area (Å²) in [5.74, 6) is 1.54. The molecule has 11 aromatic rings. The van der Waals surface area contributed by atoms with Crippen molar-refractivity contribution in [1.82, 2.24) is 18.7 Å². The van der Waals surface area contributed by atoms with Crippen LogP contribution in [0, 0.1) is 22.8 Å². The Morgan fingerprint density at radius 1 is 0.506 bits per heavy atom. The van der Waals surface area contributed by atoms with E-state index in [0.29, 0.717) is 22.9 Å². The molecule has 0 bridgehead atoms. The van der Waals surface area contributed by atoms with E-state index in [1.807, 2.05) is 30.3 Å². The molecule has 0 amide bonds. The number of fused-ring (bicyclic) bond motifs is 5. The molecular formula is C71H66N4OPt-2. The summed E-state index contributed by atoms with van der Waals surface area (Å²) in [5, 5.41) is 2.07. The van der Waals surface area contributed by atoms with Gasteiger partial charge in [-0.2, -0.15) is 0 Å². The Balaban J connectivity index is 0.993. The van der Waals surface area contributed by atoms with Crippen LogP contribution in [0.1, 0.15) is 113 Å².